The number of hydrogen-bond acceptors (Lipinski definition) is 5. The zero-order valence-corrected chi connectivity index (χ0v) is 9.42. The smallest absolute Gasteiger partial charge is 0.377 e. The van der Waals surface area contributed by atoms with Crippen LogP contribution in [0, 0.1) is 0 Å². The zero-order chi connectivity index (χ0) is 12.4. The van der Waals surface area contributed by atoms with E-state index in [-0.39, 0.29) is 0 Å². The number of carbonyl (C=O) groups is 1. The van der Waals surface area contributed by atoms with Crippen molar-refractivity contribution in [3.8, 4) is 11.4 Å². The molecule has 0 fully saturated rings. The van der Waals surface area contributed by atoms with E-state index in [0.29, 0.717) is 16.5 Å². The summed E-state index contributed by atoms with van der Waals surface area (Å²) in [6, 6.07) is 4.81. The number of benzene rings is 1. The van der Waals surface area contributed by atoms with Crippen molar-refractivity contribution in [2.45, 2.75) is 0 Å². The fraction of sp³-hybridized carbons (Fsp3) is 0.111. The number of carboxylic acid groups (broad SMARTS) is 1. The lowest BCUT2D eigenvalue weighted by Crippen LogP contribution is -2.04. The summed E-state index contributed by atoms with van der Waals surface area (Å²) in [4.78, 5) is 11.7. The van der Waals surface area contributed by atoms with Crippen molar-refractivity contribution in [3.63, 3.8) is 0 Å². The number of hydrogen-bond donors (Lipinski definition) is 1. The Labute approximate surface area is 101 Å². The molecule has 0 spiro atoms. The van der Waals surface area contributed by atoms with Crippen LogP contribution in [0.2, 0.25) is 5.02 Å². The average molecular weight is 255 g/mol. The fourth-order valence-corrected chi connectivity index (χ4v) is 1.39. The van der Waals surface area contributed by atoms with Gasteiger partial charge in [-0.2, -0.15) is 0 Å². The summed E-state index contributed by atoms with van der Waals surface area (Å²) in [5.41, 5.74) is 0.417. The van der Waals surface area contributed by atoms with Gasteiger partial charge in [-0.1, -0.05) is 11.6 Å². The maximum atomic E-state index is 10.6. The third kappa shape index (κ3) is 2.18. The second kappa shape index (κ2) is 4.38. The van der Waals surface area contributed by atoms with Crippen molar-refractivity contribution in [3.05, 3.63) is 29.0 Å². The van der Waals surface area contributed by atoms with Gasteiger partial charge >= 0.3 is 5.97 Å². The van der Waals surface area contributed by atoms with Gasteiger partial charge in [0.1, 0.15) is 11.4 Å². The first-order valence-corrected chi connectivity index (χ1v) is 4.87. The lowest BCUT2D eigenvalue weighted by Gasteiger charge is -2.06. The summed E-state index contributed by atoms with van der Waals surface area (Å²) in [5.74, 6) is -1.19. The molecule has 0 atom stereocenters. The maximum Gasteiger partial charge on any atom is 0.377 e. The Morgan fingerprint density at radius 2 is 2.29 bits per heavy atom. The molecule has 0 bridgehead atoms. The molecule has 2 aromatic rings. The third-order valence-corrected chi connectivity index (χ3v) is 2.20. The van der Waals surface area contributed by atoms with E-state index in [9.17, 15) is 4.79 Å². The normalized spacial score (nSPS) is 10.2. The number of ether oxygens (including phenoxy) is 1. The number of nitrogens with zero attached hydrogens (tertiary/aromatic N) is 4. The molecule has 88 valence electrons. The SMILES string of the molecule is COc1ccc(Cl)cc1-n1nnc(C(=O)O)n1. The van der Waals surface area contributed by atoms with Gasteiger partial charge in [-0.25, -0.2) is 4.79 Å². The molecule has 0 aliphatic heterocycles. The molecule has 0 unspecified atom stereocenters. The van der Waals surface area contributed by atoms with Crippen LogP contribution in [0.3, 0.4) is 0 Å². The Morgan fingerprint density at radius 3 is 2.88 bits per heavy atom. The first-order valence-electron chi connectivity index (χ1n) is 4.49. The molecular formula is C9H7ClN4O3. The molecule has 1 heterocycles. The van der Waals surface area contributed by atoms with Crippen LogP contribution in [0.25, 0.3) is 5.69 Å². The molecule has 0 saturated heterocycles. The fourth-order valence-electron chi connectivity index (χ4n) is 1.22. The van der Waals surface area contributed by atoms with Crippen molar-refractivity contribution < 1.29 is 14.6 Å². The minimum atomic E-state index is -1.25. The molecule has 0 saturated carbocycles. The quantitative estimate of drug-likeness (QED) is 0.880. The summed E-state index contributed by atoms with van der Waals surface area (Å²) in [5, 5.41) is 19.8. The van der Waals surface area contributed by atoms with Gasteiger partial charge in [-0.3, -0.25) is 0 Å². The standard InChI is InChI=1S/C9H7ClN4O3/c1-17-7-3-2-5(10)4-6(7)14-12-8(9(15)16)11-13-14/h2-4H,1H3,(H,15,16). The predicted molar refractivity (Wildman–Crippen MR) is 57.7 cm³/mol. The molecule has 0 aliphatic carbocycles. The van der Waals surface area contributed by atoms with Crippen LogP contribution in [0.5, 0.6) is 5.75 Å². The van der Waals surface area contributed by atoms with Gasteiger partial charge in [0, 0.05) is 5.02 Å². The predicted octanol–water partition coefficient (Wildman–Crippen LogP) is 1.02. The average Bonchev–Trinajstić information content (AvgIpc) is 2.78. The molecular weight excluding hydrogens is 248 g/mol. The monoisotopic (exact) mass is 254 g/mol. The summed E-state index contributed by atoms with van der Waals surface area (Å²) in [6.07, 6.45) is 0. The Morgan fingerprint density at radius 1 is 1.53 bits per heavy atom. The number of carboxylic acids is 1. The van der Waals surface area contributed by atoms with E-state index in [2.05, 4.69) is 15.4 Å². The number of tetrazole rings is 1. The largest absolute Gasteiger partial charge is 0.494 e. The van der Waals surface area contributed by atoms with Crippen molar-refractivity contribution in [2.24, 2.45) is 0 Å². The zero-order valence-electron chi connectivity index (χ0n) is 8.66. The number of methoxy groups -OCH3 is 1. The van der Waals surface area contributed by atoms with Gasteiger partial charge in [0.15, 0.2) is 0 Å². The first-order chi connectivity index (χ1) is 8.11. The Balaban J connectivity index is 2.51. The van der Waals surface area contributed by atoms with Crippen molar-refractivity contribution >= 4 is 17.6 Å². The van der Waals surface area contributed by atoms with Gasteiger partial charge in [0.2, 0.25) is 0 Å². The Hall–Kier alpha value is -2.15. The first kappa shape index (κ1) is 11.3. The minimum absolute atomic E-state index is 0.396. The maximum absolute atomic E-state index is 10.6. The molecule has 8 heteroatoms. The summed E-state index contributed by atoms with van der Waals surface area (Å²) < 4.78 is 5.09. The Bertz CT molecular complexity index is 569. The third-order valence-electron chi connectivity index (χ3n) is 1.96. The van der Waals surface area contributed by atoms with Crippen molar-refractivity contribution in [1.82, 2.24) is 20.2 Å². The number of rotatable bonds is 3. The highest BCUT2D eigenvalue weighted by molar-refractivity contribution is 6.30. The Kier molecular flexibility index (Phi) is 2.92. The van der Waals surface area contributed by atoms with Crippen LogP contribution in [-0.2, 0) is 0 Å². The van der Waals surface area contributed by atoms with E-state index < -0.39 is 11.8 Å². The molecule has 7 nitrogen and oxygen atoms in total. The molecule has 1 aromatic heterocycles. The van der Waals surface area contributed by atoms with E-state index in [0.717, 1.165) is 4.80 Å². The number of aromatic nitrogens is 4. The molecule has 0 amide bonds. The number of aromatic carboxylic acids is 1. The highest BCUT2D eigenvalue weighted by Gasteiger charge is 2.14. The van der Waals surface area contributed by atoms with Gasteiger partial charge in [0.25, 0.3) is 5.82 Å². The summed E-state index contributed by atoms with van der Waals surface area (Å²) in [6.45, 7) is 0. The molecule has 1 aromatic carbocycles. The second-order valence-electron chi connectivity index (χ2n) is 3.02. The van der Waals surface area contributed by atoms with E-state index in [4.69, 9.17) is 21.4 Å². The van der Waals surface area contributed by atoms with E-state index in [1.54, 1.807) is 18.2 Å². The van der Waals surface area contributed by atoms with Crippen molar-refractivity contribution in [2.75, 3.05) is 7.11 Å². The van der Waals surface area contributed by atoms with Gasteiger partial charge in [-0.15, -0.1) is 15.0 Å². The minimum Gasteiger partial charge on any atom is -0.494 e. The molecule has 0 aliphatic rings. The number of halogens is 1. The van der Waals surface area contributed by atoms with Crippen LogP contribution in [0.1, 0.15) is 10.6 Å². The van der Waals surface area contributed by atoms with Crippen LogP contribution < -0.4 is 4.74 Å². The van der Waals surface area contributed by atoms with Gasteiger partial charge in [0.05, 0.1) is 7.11 Å². The molecule has 1 N–H and O–H groups in total. The van der Waals surface area contributed by atoms with E-state index in [1.165, 1.54) is 7.11 Å². The summed E-state index contributed by atoms with van der Waals surface area (Å²) in [7, 11) is 1.47. The van der Waals surface area contributed by atoms with E-state index >= 15 is 0 Å². The van der Waals surface area contributed by atoms with Crippen LogP contribution in [0.4, 0.5) is 0 Å². The van der Waals surface area contributed by atoms with Crippen LogP contribution >= 0.6 is 11.6 Å². The lowest BCUT2D eigenvalue weighted by molar-refractivity contribution is 0.0683. The van der Waals surface area contributed by atoms with Gasteiger partial charge in [-0.05, 0) is 23.4 Å². The van der Waals surface area contributed by atoms with Crippen LogP contribution in [-0.4, -0.2) is 38.4 Å². The highest BCUT2D eigenvalue weighted by atomic mass is 35.5. The van der Waals surface area contributed by atoms with Gasteiger partial charge < -0.3 is 9.84 Å². The second-order valence-corrected chi connectivity index (χ2v) is 3.46. The molecule has 0 radical (unpaired) electrons. The van der Waals surface area contributed by atoms with Crippen LogP contribution in [0.15, 0.2) is 18.2 Å². The van der Waals surface area contributed by atoms with Crippen molar-refractivity contribution in [1.29, 1.82) is 0 Å². The van der Waals surface area contributed by atoms with E-state index in [1.807, 2.05) is 0 Å². The lowest BCUT2D eigenvalue weighted by atomic mass is 10.3. The molecule has 2 rings (SSSR count). The summed E-state index contributed by atoms with van der Waals surface area (Å²) >= 11 is 5.83. The molecule has 17 heavy (non-hydrogen) atoms. The topological polar surface area (TPSA) is 90.1 Å². The highest BCUT2D eigenvalue weighted by Crippen LogP contribution is 2.24.